The van der Waals surface area contributed by atoms with Crippen LogP contribution < -0.4 is 5.73 Å². The first-order chi connectivity index (χ1) is 7.40. The van der Waals surface area contributed by atoms with Crippen molar-refractivity contribution in [1.29, 1.82) is 0 Å². The molecule has 104 valence electrons. The maximum absolute atomic E-state index is 5.42. The van der Waals surface area contributed by atoms with Gasteiger partial charge in [-0.2, -0.15) is 0 Å². The maximum atomic E-state index is 5.42. The highest BCUT2D eigenvalue weighted by Crippen LogP contribution is 2.20. The predicted octanol–water partition coefficient (Wildman–Crippen LogP) is 0.585. The van der Waals surface area contributed by atoms with E-state index >= 15 is 0 Å². The van der Waals surface area contributed by atoms with E-state index in [0.717, 1.165) is 19.2 Å². The Morgan fingerprint density at radius 1 is 1.12 bits per heavy atom. The summed E-state index contributed by atoms with van der Waals surface area (Å²) in [6, 6.07) is 0.827. The van der Waals surface area contributed by atoms with E-state index in [0.29, 0.717) is 13.2 Å². The smallest absolute Gasteiger partial charge is 0.0594 e. The number of rotatable bonds is 5. The molecule has 2 rings (SSSR count). The lowest BCUT2D eigenvalue weighted by Gasteiger charge is -2.37. The van der Waals surface area contributed by atoms with Gasteiger partial charge in [0.25, 0.3) is 0 Å². The Morgan fingerprint density at radius 3 is 2.71 bits per heavy atom. The zero-order valence-corrected chi connectivity index (χ0v) is 12.0. The molecule has 2 aliphatic heterocycles. The Morgan fingerprint density at radius 2 is 1.94 bits per heavy atom. The van der Waals surface area contributed by atoms with Crippen LogP contribution in [-0.2, 0) is 4.74 Å². The Labute approximate surface area is 117 Å². The second-order valence-electron chi connectivity index (χ2n) is 4.53. The second kappa shape index (κ2) is 9.36. The van der Waals surface area contributed by atoms with Gasteiger partial charge in [0, 0.05) is 38.8 Å². The zero-order chi connectivity index (χ0) is 10.5. The number of fused-ring (bicyclic) bond motifs is 1. The first kappa shape index (κ1) is 17.4. The van der Waals surface area contributed by atoms with Gasteiger partial charge in [0.05, 0.1) is 13.2 Å². The molecule has 2 saturated heterocycles. The summed E-state index contributed by atoms with van der Waals surface area (Å²) in [6.45, 7) is 8.27. The largest absolute Gasteiger partial charge is 0.379 e. The van der Waals surface area contributed by atoms with E-state index in [1.54, 1.807) is 0 Å². The van der Waals surface area contributed by atoms with E-state index < -0.39 is 0 Å². The van der Waals surface area contributed by atoms with Crippen LogP contribution in [-0.4, -0.2) is 68.3 Å². The van der Waals surface area contributed by atoms with Gasteiger partial charge in [0.1, 0.15) is 0 Å². The van der Waals surface area contributed by atoms with E-state index in [1.165, 1.54) is 39.0 Å². The molecular formula is C11H25Cl2N3O. The van der Waals surface area contributed by atoms with Crippen molar-refractivity contribution in [3.05, 3.63) is 0 Å². The van der Waals surface area contributed by atoms with Crippen LogP contribution >= 0.6 is 24.8 Å². The SMILES string of the molecule is Cl.Cl.NCCOCCN1CCN2CCCC2C1. The van der Waals surface area contributed by atoms with Crippen LogP contribution in [0.1, 0.15) is 12.8 Å². The molecule has 0 saturated carbocycles. The van der Waals surface area contributed by atoms with Gasteiger partial charge < -0.3 is 10.5 Å². The molecule has 1 atom stereocenters. The van der Waals surface area contributed by atoms with Gasteiger partial charge in [-0.25, -0.2) is 0 Å². The molecule has 0 aromatic heterocycles. The third-order valence-electron chi connectivity index (χ3n) is 3.49. The molecule has 2 fully saturated rings. The van der Waals surface area contributed by atoms with Crippen LogP contribution in [0.2, 0.25) is 0 Å². The standard InChI is InChI=1S/C11H23N3O.2ClH/c12-3-8-15-9-7-13-5-6-14-4-1-2-11(14)10-13;;/h11H,1-10,12H2;2*1H. The number of hydrogen-bond donors (Lipinski definition) is 1. The van der Waals surface area contributed by atoms with Gasteiger partial charge >= 0.3 is 0 Å². The number of hydrogen-bond acceptors (Lipinski definition) is 4. The number of ether oxygens (including phenoxy) is 1. The summed E-state index contributed by atoms with van der Waals surface area (Å²) in [7, 11) is 0. The summed E-state index contributed by atoms with van der Waals surface area (Å²) in [5.74, 6) is 0. The fraction of sp³-hybridized carbons (Fsp3) is 1.00. The molecule has 2 aliphatic rings. The fourth-order valence-corrected chi connectivity index (χ4v) is 2.64. The van der Waals surface area contributed by atoms with Crippen molar-refractivity contribution in [3.63, 3.8) is 0 Å². The lowest BCUT2D eigenvalue weighted by molar-refractivity contribution is 0.0642. The molecule has 0 radical (unpaired) electrons. The highest BCUT2D eigenvalue weighted by atomic mass is 35.5. The quantitative estimate of drug-likeness (QED) is 0.751. The molecule has 0 amide bonds. The van der Waals surface area contributed by atoms with Gasteiger partial charge in [-0.1, -0.05) is 0 Å². The monoisotopic (exact) mass is 285 g/mol. The summed E-state index contributed by atoms with van der Waals surface area (Å²) in [5.41, 5.74) is 5.37. The first-order valence-corrected chi connectivity index (χ1v) is 6.14. The molecule has 0 bridgehead atoms. The van der Waals surface area contributed by atoms with Crippen molar-refractivity contribution in [2.75, 3.05) is 52.5 Å². The molecular weight excluding hydrogens is 261 g/mol. The van der Waals surface area contributed by atoms with Crippen molar-refractivity contribution in [1.82, 2.24) is 9.80 Å². The van der Waals surface area contributed by atoms with E-state index in [2.05, 4.69) is 9.80 Å². The lowest BCUT2D eigenvalue weighted by Crippen LogP contribution is -2.50. The highest BCUT2D eigenvalue weighted by molar-refractivity contribution is 5.85. The number of halogens is 2. The van der Waals surface area contributed by atoms with Crippen molar-refractivity contribution in [3.8, 4) is 0 Å². The molecule has 4 nitrogen and oxygen atoms in total. The van der Waals surface area contributed by atoms with Crippen molar-refractivity contribution < 1.29 is 4.74 Å². The second-order valence-corrected chi connectivity index (χ2v) is 4.53. The molecule has 6 heteroatoms. The van der Waals surface area contributed by atoms with Crippen LogP contribution in [0.15, 0.2) is 0 Å². The van der Waals surface area contributed by atoms with Gasteiger partial charge in [0.2, 0.25) is 0 Å². The molecule has 1 unspecified atom stereocenters. The maximum Gasteiger partial charge on any atom is 0.0594 e. The van der Waals surface area contributed by atoms with Crippen molar-refractivity contribution >= 4 is 24.8 Å². The fourth-order valence-electron chi connectivity index (χ4n) is 2.64. The molecule has 0 aliphatic carbocycles. The van der Waals surface area contributed by atoms with E-state index in [9.17, 15) is 0 Å². The normalized spacial score (nSPS) is 24.9. The minimum absolute atomic E-state index is 0. The minimum Gasteiger partial charge on any atom is -0.379 e. The average Bonchev–Trinajstić information content (AvgIpc) is 2.71. The van der Waals surface area contributed by atoms with E-state index in [4.69, 9.17) is 10.5 Å². The Kier molecular flexibility index (Phi) is 9.59. The van der Waals surface area contributed by atoms with Gasteiger partial charge in [0.15, 0.2) is 0 Å². The Bertz CT molecular complexity index is 198. The van der Waals surface area contributed by atoms with Gasteiger partial charge in [-0.15, -0.1) is 24.8 Å². The first-order valence-electron chi connectivity index (χ1n) is 6.14. The summed E-state index contributed by atoms with van der Waals surface area (Å²) in [4.78, 5) is 5.17. The number of nitrogens with zero attached hydrogens (tertiary/aromatic N) is 2. The third kappa shape index (κ3) is 5.28. The van der Waals surface area contributed by atoms with Crippen LogP contribution in [0.5, 0.6) is 0 Å². The van der Waals surface area contributed by atoms with E-state index in [-0.39, 0.29) is 24.8 Å². The minimum atomic E-state index is 0. The van der Waals surface area contributed by atoms with Crippen molar-refractivity contribution in [2.45, 2.75) is 18.9 Å². The van der Waals surface area contributed by atoms with Crippen LogP contribution in [0, 0.1) is 0 Å². The molecule has 2 heterocycles. The number of piperazine rings is 1. The summed E-state index contributed by atoms with van der Waals surface area (Å²) < 4.78 is 5.42. The lowest BCUT2D eigenvalue weighted by atomic mass is 10.1. The van der Waals surface area contributed by atoms with Gasteiger partial charge in [-0.05, 0) is 19.4 Å². The Hall–Kier alpha value is 0.420. The summed E-state index contributed by atoms with van der Waals surface area (Å²) in [6.07, 6.45) is 2.78. The summed E-state index contributed by atoms with van der Waals surface area (Å²) >= 11 is 0. The topological polar surface area (TPSA) is 41.7 Å². The van der Waals surface area contributed by atoms with Gasteiger partial charge in [-0.3, -0.25) is 9.80 Å². The number of nitrogens with two attached hydrogens (primary N) is 1. The molecule has 17 heavy (non-hydrogen) atoms. The third-order valence-corrected chi connectivity index (χ3v) is 3.49. The molecule has 0 aromatic carbocycles. The zero-order valence-electron chi connectivity index (χ0n) is 10.3. The molecule has 2 N–H and O–H groups in total. The average molecular weight is 286 g/mol. The molecule has 0 aromatic rings. The highest BCUT2D eigenvalue weighted by Gasteiger charge is 2.29. The predicted molar refractivity (Wildman–Crippen MR) is 75.4 cm³/mol. The van der Waals surface area contributed by atoms with Crippen LogP contribution in [0.3, 0.4) is 0 Å². The Balaban J connectivity index is 0.00000128. The van der Waals surface area contributed by atoms with Crippen LogP contribution in [0.4, 0.5) is 0 Å². The molecule has 0 spiro atoms. The van der Waals surface area contributed by atoms with Crippen molar-refractivity contribution in [2.24, 2.45) is 5.73 Å². The van der Waals surface area contributed by atoms with E-state index in [1.807, 2.05) is 0 Å². The summed E-state index contributed by atoms with van der Waals surface area (Å²) in [5, 5.41) is 0. The van der Waals surface area contributed by atoms with Crippen LogP contribution in [0.25, 0.3) is 0 Å².